The molecule has 10 heteroatoms. The van der Waals surface area contributed by atoms with Gasteiger partial charge in [0.2, 0.25) is 6.79 Å². The van der Waals surface area contributed by atoms with Gasteiger partial charge < -0.3 is 14.2 Å². The van der Waals surface area contributed by atoms with E-state index in [1.165, 1.54) is 31.3 Å². The van der Waals surface area contributed by atoms with E-state index in [-0.39, 0.29) is 18.2 Å². The number of fused-ring (bicyclic) bond motifs is 1. The van der Waals surface area contributed by atoms with Gasteiger partial charge in [-0.1, -0.05) is 23.7 Å². The van der Waals surface area contributed by atoms with Crippen molar-refractivity contribution in [3.8, 4) is 17.2 Å². The molecule has 1 atom stereocenters. The molecule has 3 rings (SSSR count). The minimum atomic E-state index is -1.00. The number of hydrazone groups is 1. The van der Waals surface area contributed by atoms with Gasteiger partial charge in [0, 0.05) is 17.7 Å². The zero-order valence-electron chi connectivity index (χ0n) is 14.0. The number of para-hydroxylation sites is 2. The molecule has 2 aromatic rings. The molecule has 2 aromatic carbocycles. The van der Waals surface area contributed by atoms with Gasteiger partial charge in [0.25, 0.3) is 5.91 Å². The monoisotopic (exact) mass is 391 g/mol. The Kier molecular flexibility index (Phi) is 5.41. The van der Waals surface area contributed by atoms with Crippen LogP contribution in [0.3, 0.4) is 0 Å². The molecule has 0 aliphatic carbocycles. The predicted molar refractivity (Wildman–Crippen MR) is 96.5 cm³/mol. The highest BCUT2D eigenvalue weighted by atomic mass is 35.5. The standard InChI is InChI=1S/C17H14ClN3O6/c1-10(27-14-5-3-2-4-13(14)21(23)24)17(22)20-19-8-11-6-15-16(7-12(11)18)26-9-25-15/h2-8,10H,9H2,1H3,(H,20,22)/b19-8-/t10-/m0/s1. The predicted octanol–water partition coefficient (Wildman–Crippen LogP) is 2.89. The number of benzene rings is 2. The van der Waals surface area contributed by atoms with E-state index in [1.807, 2.05) is 0 Å². The van der Waals surface area contributed by atoms with Crippen LogP contribution in [0, 0.1) is 10.1 Å². The summed E-state index contributed by atoms with van der Waals surface area (Å²) >= 11 is 6.11. The highest BCUT2D eigenvalue weighted by molar-refractivity contribution is 6.33. The van der Waals surface area contributed by atoms with Crippen molar-refractivity contribution in [2.75, 3.05) is 6.79 Å². The molecule has 0 aromatic heterocycles. The molecule has 1 heterocycles. The van der Waals surface area contributed by atoms with E-state index in [0.717, 1.165) is 0 Å². The summed E-state index contributed by atoms with van der Waals surface area (Å²) in [4.78, 5) is 22.5. The van der Waals surface area contributed by atoms with E-state index in [1.54, 1.807) is 18.2 Å². The van der Waals surface area contributed by atoms with Gasteiger partial charge in [0.1, 0.15) is 0 Å². The first-order chi connectivity index (χ1) is 13.0. The van der Waals surface area contributed by atoms with Crippen molar-refractivity contribution >= 4 is 29.4 Å². The smallest absolute Gasteiger partial charge is 0.310 e. The fourth-order valence-corrected chi connectivity index (χ4v) is 2.44. The average molecular weight is 392 g/mol. The van der Waals surface area contributed by atoms with Crippen LogP contribution < -0.4 is 19.6 Å². The molecule has 0 bridgehead atoms. The highest BCUT2D eigenvalue weighted by Gasteiger charge is 2.20. The van der Waals surface area contributed by atoms with E-state index in [4.69, 9.17) is 25.8 Å². The average Bonchev–Trinajstić information content (AvgIpc) is 3.09. The fraction of sp³-hybridized carbons (Fsp3) is 0.176. The van der Waals surface area contributed by atoms with E-state index in [0.29, 0.717) is 22.1 Å². The van der Waals surface area contributed by atoms with Crippen molar-refractivity contribution in [2.24, 2.45) is 5.10 Å². The van der Waals surface area contributed by atoms with E-state index in [2.05, 4.69) is 10.5 Å². The Balaban J connectivity index is 1.62. The first kappa shape index (κ1) is 18.5. The molecular weight excluding hydrogens is 378 g/mol. The van der Waals surface area contributed by atoms with Crippen LogP contribution in [0.25, 0.3) is 0 Å². The Hall–Kier alpha value is -3.33. The van der Waals surface area contributed by atoms with Gasteiger partial charge in [0.15, 0.2) is 23.4 Å². The molecule has 0 saturated heterocycles. The van der Waals surface area contributed by atoms with Crippen molar-refractivity contribution in [3.05, 3.63) is 57.1 Å². The number of nitrogens with zero attached hydrogens (tertiary/aromatic N) is 2. The number of hydrogen-bond acceptors (Lipinski definition) is 7. The molecule has 0 unspecified atom stereocenters. The molecule has 1 N–H and O–H groups in total. The van der Waals surface area contributed by atoms with Crippen LogP contribution in [-0.2, 0) is 4.79 Å². The van der Waals surface area contributed by atoms with Crippen molar-refractivity contribution in [3.63, 3.8) is 0 Å². The zero-order chi connectivity index (χ0) is 19.4. The van der Waals surface area contributed by atoms with Crippen molar-refractivity contribution in [1.29, 1.82) is 0 Å². The number of nitrogens with one attached hydrogen (secondary N) is 1. The third-order valence-electron chi connectivity index (χ3n) is 3.61. The van der Waals surface area contributed by atoms with Crippen LogP contribution in [0.4, 0.5) is 5.69 Å². The molecule has 9 nitrogen and oxygen atoms in total. The number of ether oxygens (including phenoxy) is 3. The van der Waals surface area contributed by atoms with Gasteiger partial charge in [-0.3, -0.25) is 14.9 Å². The Morgan fingerprint density at radius 3 is 2.81 bits per heavy atom. The Morgan fingerprint density at radius 1 is 1.37 bits per heavy atom. The third kappa shape index (κ3) is 4.26. The number of carbonyl (C=O) groups is 1. The van der Waals surface area contributed by atoms with Gasteiger partial charge in [-0.25, -0.2) is 5.43 Å². The maximum Gasteiger partial charge on any atom is 0.310 e. The largest absolute Gasteiger partial charge is 0.474 e. The molecule has 0 saturated carbocycles. The van der Waals surface area contributed by atoms with Crippen molar-refractivity contribution in [2.45, 2.75) is 13.0 Å². The number of nitro groups is 1. The molecule has 0 fully saturated rings. The second-order valence-electron chi connectivity index (χ2n) is 5.45. The van der Waals surface area contributed by atoms with E-state index >= 15 is 0 Å². The summed E-state index contributed by atoms with van der Waals surface area (Å²) in [5, 5.41) is 15.2. The van der Waals surface area contributed by atoms with E-state index in [9.17, 15) is 14.9 Å². The Labute approximate surface area is 158 Å². The molecule has 0 spiro atoms. The number of nitro benzene ring substituents is 1. The molecular formula is C17H14ClN3O6. The number of amides is 1. The topological polar surface area (TPSA) is 112 Å². The lowest BCUT2D eigenvalue weighted by molar-refractivity contribution is -0.386. The molecule has 27 heavy (non-hydrogen) atoms. The number of carbonyl (C=O) groups excluding carboxylic acids is 1. The highest BCUT2D eigenvalue weighted by Crippen LogP contribution is 2.36. The first-order valence-corrected chi connectivity index (χ1v) is 8.15. The summed E-state index contributed by atoms with van der Waals surface area (Å²) in [6.07, 6.45) is 0.343. The lowest BCUT2D eigenvalue weighted by Gasteiger charge is -2.12. The van der Waals surface area contributed by atoms with Crippen LogP contribution in [0.2, 0.25) is 5.02 Å². The second-order valence-corrected chi connectivity index (χ2v) is 5.85. The van der Waals surface area contributed by atoms with Crippen LogP contribution in [-0.4, -0.2) is 29.9 Å². The minimum absolute atomic E-state index is 0.00653. The van der Waals surface area contributed by atoms with Crippen LogP contribution in [0.15, 0.2) is 41.5 Å². The maximum atomic E-state index is 12.1. The summed E-state index contributed by atoms with van der Waals surface area (Å²) in [7, 11) is 0. The summed E-state index contributed by atoms with van der Waals surface area (Å²) in [6, 6.07) is 9.01. The second kappa shape index (κ2) is 7.92. The van der Waals surface area contributed by atoms with Gasteiger partial charge in [-0.2, -0.15) is 5.10 Å². The Bertz CT molecular complexity index is 918. The zero-order valence-corrected chi connectivity index (χ0v) is 14.8. The molecule has 1 aliphatic rings. The minimum Gasteiger partial charge on any atom is -0.474 e. The normalized spacial score (nSPS) is 13.4. The fourth-order valence-electron chi connectivity index (χ4n) is 2.24. The summed E-state index contributed by atoms with van der Waals surface area (Å²) in [6.45, 7) is 1.57. The quantitative estimate of drug-likeness (QED) is 0.460. The van der Waals surface area contributed by atoms with Gasteiger partial charge in [-0.05, 0) is 19.1 Å². The summed E-state index contributed by atoms with van der Waals surface area (Å²) in [5.41, 5.74) is 2.59. The summed E-state index contributed by atoms with van der Waals surface area (Å²) in [5.74, 6) is 0.474. The molecule has 1 aliphatic heterocycles. The molecule has 0 radical (unpaired) electrons. The van der Waals surface area contributed by atoms with Crippen LogP contribution >= 0.6 is 11.6 Å². The van der Waals surface area contributed by atoms with Gasteiger partial charge >= 0.3 is 5.69 Å². The van der Waals surface area contributed by atoms with Crippen molar-refractivity contribution < 1.29 is 23.9 Å². The van der Waals surface area contributed by atoms with Crippen molar-refractivity contribution in [1.82, 2.24) is 5.43 Å². The first-order valence-electron chi connectivity index (χ1n) is 7.78. The van der Waals surface area contributed by atoms with Crippen LogP contribution in [0.5, 0.6) is 17.2 Å². The SMILES string of the molecule is C[C@H](Oc1ccccc1[N+](=O)[O-])C(=O)N/N=C\c1cc2c(cc1Cl)OCO2. The molecule has 140 valence electrons. The van der Waals surface area contributed by atoms with Crippen LogP contribution in [0.1, 0.15) is 12.5 Å². The third-order valence-corrected chi connectivity index (χ3v) is 3.93. The Morgan fingerprint density at radius 2 is 2.07 bits per heavy atom. The number of hydrogen-bond donors (Lipinski definition) is 1. The lowest BCUT2D eigenvalue weighted by Crippen LogP contribution is -2.33. The van der Waals surface area contributed by atoms with E-state index < -0.39 is 16.9 Å². The molecule has 1 amide bonds. The number of rotatable bonds is 6. The number of halogens is 1. The summed E-state index contributed by atoms with van der Waals surface area (Å²) < 4.78 is 15.8. The maximum absolute atomic E-state index is 12.1. The lowest BCUT2D eigenvalue weighted by atomic mass is 10.2. The van der Waals surface area contributed by atoms with Gasteiger partial charge in [-0.15, -0.1) is 0 Å². The van der Waals surface area contributed by atoms with Gasteiger partial charge in [0.05, 0.1) is 16.2 Å².